The molecule has 0 aliphatic rings. The second-order valence-electron chi connectivity index (χ2n) is 9.06. The van der Waals surface area contributed by atoms with E-state index in [2.05, 4.69) is 46.4 Å². The van der Waals surface area contributed by atoms with Crippen molar-refractivity contribution in [2.24, 2.45) is 0 Å². The van der Waals surface area contributed by atoms with Crippen molar-refractivity contribution in [2.75, 3.05) is 19.4 Å². The molecular formula is C26H54NO4P. The molecule has 0 saturated carbocycles. The predicted octanol–water partition coefficient (Wildman–Crippen LogP) is 8.36. The molecule has 192 valence electrons. The first-order valence-corrected chi connectivity index (χ1v) is 15.3. The van der Waals surface area contributed by atoms with E-state index in [0.717, 1.165) is 64.2 Å². The van der Waals surface area contributed by atoms with Crippen molar-refractivity contribution in [1.29, 1.82) is 0 Å². The molecule has 0 heterocycles. The summed E-state index contributed by atoms with van der Waals surface area (Å²) in [5.74, 6) is -0.0481. The van der Waals surface area contributed by atoms with Crippen molar-refractivity contribution in [3.05, 3.63) is 0 Å². The highest BCUT2D eigenvalue weighted by Crippen LogP contribution is 2.49. The van der Waals surface area contributed by atoms with E-state index in [1.165, 1.54) is 25.7 Å². The normalized spacial score (nSPS) is 13.8. The molecule has 2 unspecified atom stereocenters. The molecule has 0 rings (SSSR count). The fraction of sp³-hybridized carbons (Fsp3) is 0.962. The van der Waals surface area contributed by atoms with Crippen molar-refractivity contribution >= 4 is 13.5 Å². The standard InChI is InChI=1S/C26H54NO4P/c1-7-13-17-19-24(11-5)27(25(12-6)20-18-14-8-2)26(28)23-32(29,30-21-15-9-3)31-22-16-10-4/h24-25H,7-23H2,1-6H3. The van der Waals surface area contributed by atoms with Crippen molar-refractivity contribution in [3.8, 4) is 0 Å². The molecule has 1 amide bonds. The second-order valence-corrected chi connectivity index (χ2v) is 11.1. The largest absolute Gasteiger partial charge is 0.340 e. The van der Waals surface area contributed by atoms with Gasteiger partial charge in [0.2, 0.25) is 5.91 Å². The van der Waals surface area contributed by atoms with E-state index >= 15 is 0 Å². The van der Waals surface area contributed by atoms with Crippen molar-refractivity contribution in [2.45, 2.75) is 144 Å². The molecule has 0 aliphatic heterocycles. The van der Waals surface area contributed by atoms with Gasteiger partial charge in [-0.05, 0) is 38.5 Å². The molecule has 32 heavy (non-hydrogen) atoms. The van der Waals surface area contributed by atoms with Gasteiger partial charge in [0, 0.05) is 12.1 Å². The fourth-order valence-corrected chi connectivity index (χ4v) is 5.68. The first kappa shape index (κ1) is 31.6. The second kappa shape index (κ2) is 20.0. The summed E-state index contributed by atoms with van der Waals surface area (Å²) in [6, 6.07) is 0.390. The van der Waals surface area contributed by atoms with Crippen LogP contribution >= 0.6 is 7.60 Å². The van der Waals surface area contributed by atoms with Gasteiger partial charge in [0.15, 0.2) is 0 Å². The Bertz CT molecular complexity index is 468. The van der Waals surface area contributed by atoms with E-state index in [4.69, 9.17) is 9.05 Å². The highest BCUT2D eigenvalue weighted by Gasteiger charge is 2.35. The number of hydrogen-bond acceptors (Lipinski definition) is 4. The van der Waals surface area contributed by atoms with Crippen LogP contribution in [-0.2, 0) is 18.4 Å². The molecule has 0 radical (unpaired) electrons. The number of hydrogen-bond donors (Lipinski definition) is 0. The zero-order valence-corrected chi connectivity index (χ0v) is 23.1. The topological polar surface area (TPSA) is 55.8 Å². The summed E-state index contributed by atoms with van der Waals surface area (Å²) < 4.78 is 25.0. The summed E-state index contributed by atoms with van der Waals surface area (Å²) in [6.07, 6.45) is 14.3. The van der Waals surface area contributed by atoms with Crippen LogP contribution < -0.4 is 0 Å². The number of unbranched alkanes of at least 4 members (excludes halogenated alkanes) is 6. The highest BCUT2D eigenvalue weighted by atomic mass is 31.2. The molecule has 2 atom stereocenters. The van der Waals surface area contributed by atoms with Gasteiger partial charge >= 0.3 is 7.60 Å². The van der Waals surface area contributed by atoms with E-state index in [0.29, 0.717) is 13.2 Å². The summed E-state index contributed by atoms with van der Waals surface area (Å²) in [5, 5.41) is 0. The van der Waals surface area contributed by atoms with Gasteiger partial charge in [-0.1, -0.05) is 92.9 Å². The van der Waals surface area contributed by atoms with Crippen molar-refractivity contribution in [1.82, 2.24) is 4.90 Å². The summed E-state index contributed by atoms with van der Waals surface area (Å²) in [5.41, 5.74) is 0. The lowest BCUT2D eigenvalue weighted by molar-refractivity contribution is -0.134. The predicted molar refractivity (Wildman–Crippen MR) is 137 cm³/mol. The third kappa shape index (κ3) is 13.4. The average molecular weight is 476 g/mol. The maximum absolute atomic E-state index is 13.7. The molecule has 0 aromatic heterocycles. The molecule has 0 spiro atoms. The smallest absolute Gasteiger partial charge is 0.336 e. The molecule has 0 fully saturated rings. The lowest BCUT2D eigenvalue weighted by atomic mass is 9.98. The van der Waals surface area contributed by atoms with Crippen LogP contribution in [0.1, 0.15) is 131 Å². The number of nitrogens with zero attached hydrogens (tertiary/aromatic N) is 1. The molecule has 6 heteroatoms. The molecule has 0 saturated heterocycles. The monoisotopic (exact) mass is 475 g/mol. The van der Waals surface area contributed by atoms with Crippen molar-refractivity contribution in [3.63, 3.8) is 0 Å². The van der Waals surface area contributed by atoms with Gasteiger partial charge in [0.1, 0.15) is 6.16 Å². The van der Waals surface area contributed by atoms with Gasteiger partial charge in [-0.15, -0.1) is 0 Å². The quantitative estimate of drug-likeness (QED) is 0.117. The van der Waals surface area contributed by atoms with Crippen LogP contribution in [0.5, 0.6) is 0 Å². The Morgan fingerprint density at radius 1 is 0.688 bits per heavy atom. The summed E-state index contributed by atoms with van der Waals surface area (Å²) in [7, 11) is -3.44. The maximum atomic E-state index is 13.7. The molecular weight excluding hydrogens is 421 g/mol. The Morgan fingerprint density at radius 2 is 1.09 bits per heavy atom. The van der Waals surface area contributed by atoms with Crippen LogP contribution in [-0.4, -0.2) is 42.3 Å². The van der Waals surface area contributed by atoms with Crippen molar-refractivity contribution < 1.29 is 18.4 Å². The minimum atomic E-state index is -3.44. The lowest BCUT2D eigenvalue weighted by Crippen LogP contribution is -2.48. The van der Waals surface area contributed by atoms with Crippen LogP contribution in [0.4, 0.5) is 0 Å². The number of carbonyl (C=O) groups is 1. The highest BCUT2D eigenvalue weighted by molar-refractivity contribution is 7.54. The van der Waals surface area contributed by atoms with E-state index in [-0.39, 0.29) is 24.2 Å². The Morgan fingerprint density at radius 3 is 1.44 bits per heavy atom. The molecule has 0 N–H and O–H groups in total. The summed E-state index contributed by atoms with van der Waals surface area (Å²) in [4.78, 5) is 15.8. The summed E-state index contributed by atoms with van der Waals surface area (Å²) in [6.45, 7) is 13.7. The fourth-order valence-electron chi connectivity index (χ4n) is 4.12. The summed E-state index contributed by atoms with van der Waals surface area (Å²) >= 11 is 0. The third-order valence-corrected chi connectivity index (χ3v) is 8.01. The Balaban J connectivity index is 5.61. The van der Waals surface area contributed by atoms with Gasteiger partial charge in [0.25, 0.3) is 0 Å². The van der Waals surface area contributed by atoms with E-state index in [9.17, 15) is 9.36 Å². The number of carbonyl (C=O) groups excluding carboxylic acids is 1. The zero-order chi connectivity index (χ0) is 24.2. The molecule has 0 bridgehead atoms. The zero-order valence-electron chi connectivity index (χ0n) is 22.2. The van der Waals surface area contributed by atoms with E-state index in [1.807, 2.05) is 0 Å². The Hall–Kier alpha value is -0.380. The van der Waals surface area contributed by atoms with Gasteiger partial charge < -0.3 is 13.9 Å². The van der Waals surface area contributed by atoms with Crippen LogP contribution in [0, 0.1) is 0 Å². The first-order valence-electron chi connectivity index (χ1n) is 13.6. The average Bonchev–Trinajstić information content (AvgIpc) is 2.77. The number of rotatable bonds is 22. The maximum Gasteiger partial charge on any atom is 0.340 e. The van der Waals surface area contributed by atoms with Crippen LogP contribution in [0.25, 0.3) is 0 Å². The van der Waals surface area contributed by atoms with E-state index in [1.54, 1.807) is 0 Å². The first-order chi connectivity index (χ1) is 15.4. The minimum Gasteiger partial charge on any atom is -0.336 e. The molecule has 0 aromatic carbocycles. The Labute approximate surface area is 199 Å². The SMILES string of the molecule is CCCCCC(CC)N(C(=O)CP(=O)(OCCCC)OCCCC)C(CC)CCCCC. The Kier molecular flexibility index (Phi) is 19.8. The van der Waals surface area contributed by atoms with Gasteiger partial charge in [-0.3, -0.25) is 9.36 Å². The van der Waals surface area contributed by atoms with Gasteiger partial charge in [-0.25, -0.2) is 0 Å². The van der Waals surface area contributed by atoms with Gasteiger partial charge in [-0.2, -0.15) is 0 Å². The molecule has 0 aliphatic carbocycles. The van der Waals surface area contributed by atoms with Crippen LogP contribution in [0.15, 0.2) is 0 Å². The van der Waals surface area contributed by atoms with E-state index < -0.39 is 7.60 Å². The van der Waals surface area contributed by atoms with Gasteiger partial charge in [0.05, 0.1) is 13.2 Å². The molecule has 5 nitrogen and oxygen atoms in total. The van der Waals surface area contributed by atoms with Crippen LogP contribution in [0.2, 0.25) is 0 Å². The minimum absolute atomic E-state index is 0.0481. The number of amides is 1. The molecule has 0 aromatic rings. The third-order valence-electron chi connectivity index (χ3n) is 6.20. The lowest BCUT2D eigenvalue weighted by Gasteiger charge is -2.39. The van der Waals surface area contributed by atoms with Crippen LogP contribution in [0.3, 0.4) is 0 Å².